The van der Waals surface area contributed by atoms with Crippen LogP contribution in [0.2, 0.25) is 10.0 Å². The van der Waals surface area contributed by atoms with Crippen LogP contribution in [0, 0.1) is 11.8 Å². The van der Waals surface area contributed by atoms with Gasteiger partial charge in [0.1, 0.15) is 0 Å². The molecule has 1 N–H and O–H groups in total. The maximum Gasteiger partial charge on any atom is 0.228 e. The molecule has 4 nitrogen and oxygen atoms in total. The summed E-state index contributed by atoms with van der Waals surface area (Å²) < 4.78 is 0. The van der Waals surface area contributed by atoms with Crippen LogP contribution in [0.1, 0.15) is 20.3 Å². The van der Waals surface area contributed by atoms with Crippen LogP contribution in [0.15, 0.2) is 18.2 Å². The highest BCUT2D eigenvalue weighted by molar-refractivity contribution is 6.35. The minimum Gasteiger partial charge on any atom is -0.343 e. The maximum atomic E-state index is 12.1. The normalized spacial score (nSPS) is 20.0. The number of carbonyl (C=O) groups is 2. The summed E-state index contributed by atoms with van der Waals surface area (Å²) in [6.07, 6.45) is 0.607. The summed E-state index contributed by atoms with van der Waals surface area (Å²) >= 11 is 11.8. The van der Waals surface area contributed by atoms with Crippen LogP contribution in [-0.4, -0.2) is 29.8 Å². The molecule has 0 radical (unpaired) electrons. The lowest BCUT2D eigenvalue weighted by atomic mass is 10.2. The van der Waals surface area contributed by atoms with Gasteiger partial charge in [-0.1, -0.05) is 23.2 Å². The van der Waals surface area contributed by atoms with E-state index in [2.05, 4.69) is 5.32 Å². The van der Waals surface area contributed by atoms with Crippen LogP contribution < -0.4 is 5.32 Å². The van der Waals surface area contributed by atoms with Crippen molar-refractivity contribution >= 4 is 40.7 Å². The van der Waals surface area contributed by atoms with E-state index in [0.717, 1.165) is 0 Å². The third-order valence-electron chi connectivity index (χ3n) is 3.65. The molecule has 1 aromatic carbocycles. The lowest BCUT2D eigenvalue weighted by Crippen LogP contribution is -2.33. The largest absolute Gasteiger partial charge is 0.343 e. The van der Waals surface area contributed by atoms with Gasteiger partial charge in [-0.3, -0.25) is 9.59 Å². The van der Waals surface area contributed by atoms with Crippen molar-refractivity contribution in [2.24, 2.45) is 11.8 Å². The van der Waals surface area contributed by atoms with Gasteiger partial charge in [0, 0.05) is 28.8 Å². The third-order valence-corrected chi connectivity index (χ3v) is 4.09. The van der Waals surface area contributed by atoms with Crippen LogP contribution in [0.5, 0.6) is 0 Å². The monoisotopic (exact) mass is 328 g/mol. The van der Waals surface area contributed by atoms with E-state index in [9.17, 15) is 9.59 Å². The second-order valence-electron chi connectivity index (χ2n) is 5.11. The number of rotatable bonds is 5. The van der Waals surface area contributed by atoms with Crippen LogP contribution in [0.3, 0.4) is 0 Å². The number of amides is 2. The molecule has 0 heterocycles. The Kier molecular flexibility index (Phi) is 5.12. The van der Waals surface area contributed by atoms with Gasteiger partial charge >= 0.3 is 0 Å². The molecule has 1 fully saturated rings. The molecule has 0 spiro atoms. The number of nitrogens with one attached hydrogen (secondary N) is 1. The number of halogens is 2. The van der Waals surface area contributed by atoms with Crippen molar-refractivity contribution in [1.82, 2.24) is 4.90 Å². The minimum atomic E-state index is -0.254. The Labute approximate surface area is 134 Å². The number of benzene rings is 1. The topological polar surface area (TPSA) is 49.4 Å². The first-order valence-corrected chi connectivity index (χ1v) is 7.77. The Morgan fingerprint density at radius 3 is 2.24 bits per heavy atom. The first-order valence-electron chi connectivity index (χ1n) is 7.02. The van der Waals surface area contributed by atoms with Gasteiger partial charge in [-0.05, 0) is 38.5 Å². The predicted octanol–water partition coefficient (Wildman–Crippen LogP) is 3.44. The van der Waals surface area contributed by atoms with Crippen LogP contribution in [0.25, 0.3) is 0 Å². The summed E-state index contributed by atoms with van der Waals surface area (Å²) in [6.45, 7) is 5.22. The highest BCUT2D eigenvalue weighted by Crippen LogP contribution is 2.41. The van der Waals surface area contributed by atoms with Gasteiger partial charge in [-0.15, -0.1) is 0 Å². The fraction of sp³-hybridized carbons (Fsp3) is 0.467. The number of hydrogen-bond donors (Lipinski definition) is 1. The Balaban J connectivity index is 1.95. The highest BCUT2D eigenvalue weighted by Gasteiger charge is 2.49. The van der Waals surface area contributed by atoms with E-state index >= 15 is 0 Å². The van der Waals surface area contributed by atoms with E-state index in [1.54, 1.807) is 23.1 Å². The predicted molar refractivity (Wildman–Crippen MR) is 84.6 cm³/mol. The zero-order valence-electron chi connectivity index (χ0n) is 12.0. The lowest BCUT2D eigenvalue weighted by molar-refractivity contribution is -0.133. The molecule has 0 aliphatic heterocycles. The fourth-order valence-corrected chi connectivity index (χ4v) is 2.91. The Hall–Kier alpha value is -1.26. The molecule has 1 saturated carbocycles. The fourth-order valence-electron chi connectivity index (χ4n) is 2.39. The van der Waals surface area contributed by atoms with Crippen molar-refractivity contribution in [3.8, 4) is 0 Å². The molecule has 1 aromatic rings. The summed E-state index contributed by atoms with van der Waals surface area (Å²) in [4.78, 5) is 26.0. The molecule has 2 unspecified atom stereocenters. The quantitative estimate of drug-likeness (QED) is 0.900. The van der Waals surface area contributed by atoms with Crippen molar-refractivity contribution in [2.45, 2.75) is 20.3 Å². The first kappa shape index (κ1) is 16.1. The molecule has 1 aliphatic rings. The van der Waals surface area contributed by atoms with Crippen molar-refractivity contribution in [1.29, 1.82) is 0 Å². The second-order valence-corrected chi connectivity index (χ2v) is 5.98. The van der Waals surface area contributed by atoms with Crippen molar-refractivity contribution in [2.75, 3.05) is 18.4 Å². The molecule has 2 amide bonds. The van der Waals surface area contributed by atoms with Gasteiger partial charge < -0.3 is 10.2 Å². The number of anilines is 1. The molecule has 114 valence electrons. The summed E-state index contributed by atoms with van der Waals surface area (Å²) in [6, 6.07) is 4.87. The maximum absolute atomic E-state index is 12.1. The van der Waals surface area contributed by atoms with Crippen LogP contribution >= 0.6 is 23.2 Å². The minimum absolute atomic E-state index is 0.0595. The van der Waals surface area contributed by atoms with Crippen LogP contribution in [0.4, 0.5) is 5.69 Å². The molecule has 21 heavy (non-hydrogen) atoms. The third kappa shape index (κ3) is 3.89. The molecular formula is C15H18Cl2N2O2. The Morgan fingerprint density at radius 1 is 1.14 bits per heavy atom. The van der Waals surface area contributed by atoms with E-state index in [4.69, 9.17) is 23.2 Å². The molecule has 2 rings (SSSR count). The number of carbonyl (C=O) groups excluding carboxylic acids is 2. The van der Waals surface area contributed by atoms with Crippen molar-refractivity contribution in [3.63, 3.8) is 0 Å². The van der Waals surface area contributed by atoms with Crippen LogP contribution in [-0.2, 0) is 9.59 Å². The molecule has 0 aromatic heterocycles. The zero-order chi connectivity index (χ0) is 15.6. The summed E-state index contributed by atoms with van der Waals surface area (Å²) in [5.41, 5.74) is 0.554. The number of hydrogen-bond acceptors (Lipinski definition) is 2. The molecule has 0 saturated heterocycles. The average Bonchev–Trinajstić information content (AvgIpc) is 3.18. The van der Waals surface area contributed by atoms with Gasteiger partial charge in [0.25, 0.3) is 0 Å². The Bertz CT molecular complexity index is 538. The summed E-state index contributed by atoms with van der Waals surface area (Å²) in [7, 11) is 0. The van der Waals surface area contributed by atoms with Gasteiger partial charge in [0.15, 0.2) is 0 Å². The van der Waals surface area contributed by atoms with Crippen molar-refractivity contribution in [3.05, 3.63) is 28.2 Å². The van der Waals surface area contributed by atoms with E-state index in [-0.39, 0.29) is 23.7 Å². The number of nitrogens with zero attached hydrogens (tertiary/aromatic N) is 1. The first-order chi connectivity index (χ1) is 9.96. The van der Waals surface area contributed by atoms with E-state index < -0.39 is 0 Å². The molecule has 2 atom stereocenters. The standard InChI is InChI=1S/C15H18Cl2N2O2/c1-3-19(4-2)15(21)13-8-12(13)14(20)18-11-6-9(16)5-10(17)7-11/h5-7,12-13H,3-4,8H2,1-2H3,(H,18,20). The lowest BCUT2D eigenvalue weighted by Gasteiger charge is -2.18. The van der Waals surface area contributed by atoms with Gasteiger partial charge in [-0.25, -0.2) is 0 Å². The van der Waals surface area contributed by atoms with E-state index in [1.165, 1.54) is 0 Å². The molecule has 0 bridgehead atoms. The van der Waals surface area contributed by atoms with E-state index in [1.807, 2.05) is 13.8 Å². The highest BCUT2D eigenvalue weighted by atomic mass is 35.5. The molecule has 6 heteroatoms. The van der Waals surface area contributed by atoms with Gasteiger partial charge in [-0.2, -0.15) is 0 Å². The second kappa shape index (κ2) is 6.67. The van der Waals surface area contributed by atoms with E-state index in [0.29, 0.717) is 35.2 Å². The van der Waals surface area contributed by atoms with Crippen molar-refractivity contribution < 1.29 is 9.59 Å². The summed E-state index contributed by atoms with van der Waals surface area (Å²) in [5.74, 6) is -0.543. The molecular weight excluding hydrogens is 311 g/mol. The average molecular weight is 329 g/mol. The van der Waals surface area contributed by atoms with Gasteiger partial charge in [0.2, 0.25) is 11.8 Å². The van der Waals surface area contributed by atoms with Gasteiger partial charge in [0.05, 0.1) is 11.8 Å². The zero-order valence-corrected chi connectivity index (χ0v) is 13.5. The smallest absolute Gasteiger partial charge is 0.228 e. The Morgan fingerprint density at radius 2 is 1.71 bits per heavy atom. The summed E-state index contributed by atoms with van der Waals surface area (Å²) in [5, 5.41) is 3.69. The SMILES string of the molecule is CCN(CC)C(=O)C1CC1C(=O)Nc1cc(Cl)cc(Cl)c1. The molecule has 1 aliphatic carbocycles.